The van der Waals surface area contributed by atoms with Crippen molar-refractivity contribution in [3.05, 3.63) is 71.6 Å². The Balaban J connectivity index is 2.14. The predicted octanol–water partition coefficient (Wildman–Crippen LogP) is 2.12. The summed E-state index contributed by atoms with van der Waals surface area (Å²) in [6.45, 7) is 0.0182. The number of amides is 1. The molecule has 1 amide bonds. The lowest BCUT2D eigenvalue weighted by atomic mass is 9.98. The first-order valence-electron chi connectivity index (χ1n) is 8.38. The topological polar surface area (TPSA) is 89.0 Å². The van der Waals surface area contributed by atoms with E-state index < -0.39 is 24.0 Å². The second-order valence-electron chi connectivity index (χ2n) is 5.97. The van der Waals surface area contributed by atoms with Gasteiger partial charge in [-0.25, -0.2) is 0 Å². The van der Waals surface area contributed by atoms with Gasteiger partial charge in [-0.3, -0.25) is 14.6 Å². The van der Waals surface area contributed by atoms with Gasteiger partial charge in [-0.2, -0.15) is 0 Å². The normalized spacial score (nSPS) is 19.1. The number of carbonyl (C=O) groups is 2. The first-order valence-corrected chi connectivity index (χ1v) is 8.38. The first kappa shape index (κ1) is 18.8. The Bertz CT molecular complexity index is 847. The third kappa shape index (κ3) is 3.60. The van der Waals surface area contributed by atoms with Gasteiger partial charge in [0.25, 0.3) is 11.7 Å². The summed E-state index contributed by atoms with van der Waals surface area (Å²) < 4.78 is 10.4. The van der Waals surface area contributed by atoms with E-state index in [2.05, 4.69) is 4.98 Å². The van der Waals surface area contributed by atoms with E-state index in [1.807, 2.05) is 0 Å². The molecule has 0 unspecified atom stereocenters. The molecular formula is C20H20N2O5. The fourth-order valence-corrected chi connectivity index (χ4v) is 3.07. The number of nitrogens with zero attached hydrogens (tertiary/aromatic N) is 2. The fourth-order valence-electron chi connectivity index (χ4n) is 3.07. The fraction of sp³-hybridized carbons (Fsp3) is 0.250. The third-order valence-corrected chi connectivity index (χ3v) is 4.43. The number of methoxy groups -OCH3 is 2. The lowest BCUT2D eigenvalue weighted by molar-refractivity contribution is -0.149. The molecule has 1 aliphatic heterocycles. The van der Waals surface area contributed by atoms with E-state index in [0.29, 0.717) is 11.3 Å². The van der Waals surface area contributed by atoms with E-state index in [9.17, 15) is 14.7 Å². The number of rotatable bonds is 6. The van der Waals surface area contributed by atoms with Gasteiger partial charge in [0.15, 0.2) is 6.29 Å². The van der Waals surface area contributed by atoms with Crippen molar-refractivity contribution in [3.63, 3.8) is 0 Å². The number of hydrogen-bond donors (Lipinski definition) is 1. The molecule has 1 aromatic carbocycles. The molecule has 3 rings (SSSR count). The van der Waals surface area contributed by atoms with Gasteiger partial charge in [0, 0.05) is 26.0 Å². The Morgan fingerprint density at radius 2 is 1.78 bits per heavy atom. The maximum Gasteiger partial charge on any atom is 0.295 e. The highest BCUT2D eigenvalue weighted by Gasteiger charge is 2.47. The Hall–Kier alpha value is -3.03. The zero-order chi connectivity index (χ0) is 19.4. The second-order valence-corrected chi connectivity index (χ2v) is 5.97. The van der Waals surface area contributed by atoms with Crippen molar-refractivity contribution in [2.24, 2.45) is 0 Å². The molecule has 7 nitrogen and oxygen atoms in total. The molecule has 140 valence electrons. The quantitative estimate of drug-likeness (QED) is 0.364. The molecule has 1 aromatic heterocycles. The average molecular weight is 368 g/mol. The number of aromatic nitrogens is 1. The standard InChI is InChI=1S/C20H20N2O5/c1-26-15(27-2)12-22-17(14-10-6-7-11-21-14)16(19(24)20(22)25)18(23)13-8-4-3-5-9-13/h3-11,15,17,23H,12H2,1-2H3/t17-/m1/s1. The lowest BCUT2D eigenvalue weighted by Gasteiger charge is -2.27. The summed E-state index contributed by atoms with van der Waals surface area (Å²) in [5.41, 5.74) is 0.919. The number of aliphatic hydroxyl groups excluding tert-OH is 1. The molecule has 0 saturated carbocycles. The van der Waals surface area contributed by atoms with E-state index in [1.54, 1.807) is 54.7 Å². The highest BCUT2D eigenvalue weighted by atomic mass is 16.7. The zero-order valence-corrected chi connectivity index (χ0v) is 15.0. The monoisotopic (exact) mass is 368 g/mol. The van der Waals surface area contributed by atoms with E-state index in [4.69, 9.17) is 9.47 Å². The summed E-state index contributed by atoms with van der Waals surface area (Å²) in [5, 5.41) is 10.8. The van der Waals surface area contributed by atoms with Crippen LogP contribution in [0.4, 0.5) is 0 Å². The number of aliphatic hydroxyl groups is 1. The molecule has 2 heterocycles. The number of Topliss-reactive ketones (excluding diaryl/α,β-unsaturated/α-hetero) is 1. The number of likely N-dealkylation sites (tertiary alicyclic amines) is 1. The van der Waals surface area contributed by atoms with Crippen molar-refractivity contribution in [1.82, 2.24) is 9.88 Å². The molecule has 2 aromatic rings. The van der Waals surface area contributed by atoms with Crippen molar-refractivity contribution < 1.29 is 24.2 Å². The average Bonchev–Trinajstić information content (AvgIpc) is 2.97. The smallest absolute Gasteiger partial charge is 0.295 e. The largest absolute Gasteiger partial charge is 0.507 e. The Morgan fingerprint density at radius 3 is 2.37 bits per heavy atom. The zero-order valence-electron chi connectivity index (χ0n) is 15.0. The summed E-state index contributed by atoms with van der Waals surface area (Å²) in [4.78, 5) is 31.1. The molecule has 0 aliphatic carbocycles. The van der Waals surface area contributed by atoms with Crippen molar-refractivity contribution in [2.75, 3.05) is 20.8 Å². The highest BCUT2D eigenvalue weighted by molar-refractivity contribution is 6.46. The van der Waals surface area contributed by atoms with Gasteiger partial charge in [-0.1, -0.05) is 36.4 Å². The maximum atomic E-state index is 12.8. The molecule has 0 bridgehead atoms. The Labute approximate surface area is 156 Å². The van der Waals surface area contributed by atoms with Crippen LogP contribution in [0.3, 0.4) is 0 Å². The van der Waals surface area contributed by atoms with Gasteiger partial charge in [0.2, 0.25) is 0 Å². The van der Waals surface area contributed by atoms with Crippen LogP contribution in [0.25, 0.3) is 5.76 Å². The molecule has 27 heavy (non-hydrogen) atoms. The minimum Gasteiger partial charge on any atom is -0.507 e. The summed E-state index contributed by atoms with van der Waals surface area (Å²) in [7, 11) is 2.90. The number of benzene rings is 1. The predicted molar refractivity (Wildman–Crippen MR) is 97.5 cm³/mol. The van der Waals surface area contributed by atoms with Crippen LogP contribution in [-0.2, 0) is 19.1 Å². The van der Waals surface area contributed by atoms with Gasteiger partial charge >= 0.3 is 0 Å². The molecule has 0 spiro atoms. The summed E-state index contributed by atoms with van der Waals surface area (Å²) in [6, 6.07) is 13.0. The number of ether oxygens (including phenoxy) is 2. The first-order chi connectivity index (χ1) is 13.1. The van der Waals surface area contributed by atoms with Gasteiger partial charge in [0.1, 0.15) is 11.8 Å². The number of ketones is 1. The summed E-state index contributed by atoms with van der Waals surface area (Å²) >= 11 is 0. The molecule has 7 heteroatoms. The highest BCUT2D eigenvalue weighted by Crippen LogP contribution is 2.38. The minimum atomic E-state index is -0.834. The number of carbonyl (C=O) groups excluding carboxylic acids is 2. The van der Waals surface area contributed by atoms with Gasteiger partial charge < -0.3 is 19.5 Å². The van der Waals surface area contributed by atoms with Gasteiger partial charge in [-0.05, 0) is 12.1 Å². The van der Waals surface area contributed by atoms with E-state index in [0.717, 1.165) is 0 Å². The van der Waals surface area contributed by atoms with Crippen LogP contribution in [0.2, 0.25) is 0 Å². The van der Waals surface area contributed by atoms with Crippen LogP contribution in [0, 0.1) is 0 Å². The van der Waals surface area contributed by atoms with Crippen molar-refractivity contribution >= 4 is 17.4 Å². The summed E-state index contributed by atoms with van der Waals surface area (Å²) in [6.07, 6.45) is 0.855. The van der Waals surface area contributed by atoms with Gasteiger partial charge in [-0.15, -0.1) is 0 Å². The molecule has 0 radical (unpaired) electrons. The molecule has 1 aliphatic rings. The van der Waals surface area contributed by atoms with Crippen LogP contribution < -0.4 is 0 Å². The van der Waals surface area contributed by atoms with Crippen LogP contribution in [0.1, 0.15) is 17.3 Å². The number of hydrogen-bond acceptors (Lipinski definition) is 6. The van der Waals surface area contributed by atoms with Crippen LogP contribution >= 0.6 is 0 Å². The Morgan fingerprint density at radius 1 is 1.11 bits per heavy atom. The van der Waals surface area contributed by atoms with Crippen molar-refractivity contribution in [1.29, 1.82) is 0 Å². The molecule has 1 N–H and O–H groups in total. The van der Waals surface area contributed by atoms with Crippen LogP contribution in [0.15, 0.2) is 60.3 Å². The van der Waals surface area contributed by atoms with Crippen LogP contribution in [-0.4, -0.2) is 53.7 Å². The maximum absolute atomic E-state index is 12.8. The van der Waals surface area contributed by atoms with E-state index in [-0.39, 0.29) is 17.9 Å². The Kier molecular flexibility index (Phi) is 5.63. The van der Waals surface area contributed by atoms with Crippen molar-refractivity contribution in [2.45, 2.75) is 12.3 Å². The van der Waals surface area contributed by atoms with Crippen molar-refractivity contribution in [3.8, 4) is 0 Å². The van der Waals surface area contributed by atoms with E-state index in [1.165, 1.54) is 19.1 Å². The molecular weight excluding hydrogens is 348 g/mol. The SMILES string of the molecule is COC(CN1C(=O)C(=O)C(=C(O)c2ccccc2)[C@H]1c1ccccn1)OC. The third-order valence-electron chi connectivity index (χ3n) is 4.43. The van der Waals surface area contributed by atoms with Crippen LogP contribution in [0.5, 0.6) is 0 Å². The molecule has 1 atom stereocenters. The van der Waals surface area contributed by atoms with Gasteiger partial charge in [0.05, 0.1) is 17.8 Å². The minimum absolute atomic E-state index is 0.00384. The second kappa shape index (κ2) is 8.11. The number of pyridine rings is 1. The lowest BCUT2D eigenvalue weighted by Crippen LogP contribution is -2.38. The molecule has 1 fully saturated rings. The van der Waals surface area contributed by atoms with E-state index >= 15 is 0 Å². The summed E-state index contributed by atoms with van der Waals surface area (Å²) in [5.74, 6) is -1.74. The molecule has 1 saturated heterocycles.